The van der Waals surface area contributed by atoms with Crippen LogP contribution in [-0.4, -0.2) is 15.9 Å². The molecule has 4 rings (SSSR count). The van der Waals surface area contributed by atoms with E-state index in [0.717, 1.165) is 18.3 Å². The molecule has 2 aromatic heterocycles. The SMILES string of the molecule is O=C(OC(c1ccncc1)c1ccc(F)cc1)c1cnc2c(F)ccc(F)c2c1. The Morgan fingerprint density at radius 2 is 1.52 bits per heavy atom. The van der Waals surface area contributed by atoms with E-state index in [1.807, 2.05) is 0 Å². The summed E-state index contributed by atoms with van der Waals surface area (Å²) in [5.41, 5.74) is 0.941. The minimum Gasteiger partial charge on any atom is -0.449 e. The molecule has 4 aromatic rings. The van der Waals surface area contributed by atoms with Crippen LogP contribution in [0.1, 0.15) is 27.6 Å². The third-order valence-electron chi connectivity index (χ3n) is 4.39. The molecule has 0 saturated heterocycles. The van der Waals surface area contributed by atoms with Crippen molar-refractivity contribution >= 4 is 16.9 Å². The minimum atomic E-state index is -0.848. The maximum Gasteiger partial charge on any atom is 0.340 e. The maximum atomic E-state index is 14.0. The lowest BCUT2D eigenvalue weighted by molar-refractivity contribution is 0.0377. The Hall–Kier alpha value is -3.74. The van der Waals surface area contributed by atoms with Crippen molar-refractivity contribution in [2.75, 3.05) is 0 Å². The van der Waals surface area contributed by atoms with E-state index in [-0.39, 0.29) is 16.5 Å². The number of ether oxygens (including phenoxy) is 1. The predicted octanol–water partition coefficient (Wildman–Crippen LogP) is 4.99. The first-order chi connectivity index (χ1) is 14.0. The van der Waals surface area contributed by atoms with Gasteiger partial charge in [-0.3, -0.25) is 9.97 Å². The van der Waals surface area contributed by atoms with Gasteiger partial charge >= 0.3 is 5.97 Å². The van der Waals surface area contributed by atoms with Crippen molar-refractivity contribution in [1.29, 1.82) is 0 Å². The van der Waals surface area contributed by atoms with Crippen LogP contribution in [0.25, 0.3) is 10.9 Å². The number of halogens is 3. The normalized spacial score (nSPS) is 12.0. The molecule has 7 heteroatoms. The first-order valence-electron chi connectivity index (χ1n) is 8.63. The molecule has 1 unspecified atom stereocenters. The third kappa shape index (κ3) is 3.80. The highest BCUT2D eigenvalue weighted by Crippen LogP contribution is 2.28. The number of fused-ring (bicyclic) bond motifs is 1. The van der Waals surface area contributed by atoms with Crippen molar-refractivity contribution in [3.8, 4) is 0 Å². The van der Waals surface area contributed by atoms with Crippen LogP contribution in [0, 0.1) is 17.5 Å². The molecule has 0 amide bonds. The van der Waals surface area contributed by atoms with Crippen molar-refractivity contribution in [2.24, 2.45) is 0 Å². The zero-order valence-corrected chi connectivity index (χ0v) is 14.9. The van der Waals surface area contributed by atoms with Crippen molar-refractivity contribution in [3.63, 3.8) is 0 Å². The fourth-order valence-corrected chi connectivity index (χ4v) is 2.94. The lowest BCUT2D eigenvalue weighted by atomic mass is 10.0. The summed E-state index contributed by atoms with van der Waals surface area (Å²) >= 11 is 0. The maximum absolute atomic E-state index is 14.0. The van der Waals surface area contributed by atoms with Gasteiger partial charge in [0, 0.05) is 29.5 Å². The molecule has 0 bridgehead atoms. The van der Waals surface area contributed by atoms with Gasteiger partial charge in [0.1, 0.15) is 23.0 Å². The lowest BCUT2D eigenvalue weighted by Crippen LogP contribution is -2.13. The molecule has 0 N–H and O–H groups in total. The molecule has 0 aliphatic rings. The van der Waals surface area contributed by atoms with Gasteiger partial charge in [-0.15, -0.1) is 0 Å². The zero-order chi connectivity index (χ0) is 20.4. The number of esters is 1. The molecule has 0 spiro atoms. The summed E-state index contributed by atoms with van der Waals surface area (Å²) in [4.78, 5) is 20.5. The van der Waals surface area contributed by atoms with Gasteiger partial charge in [-0.1, -0.05) is 12.1 Å². The number of hydrogen-bond donors (Lipinski definition) is 0. The number of aromatic nitrogens is 2. The quantitative estimate of drug-likeness (QED) is 0.458. The van der Waals surface area contributed by atoms with Gasteiger partial charge in [-0.2, -0.15) is 0 Å². The van der Waals surface area contributed by atoms with Crippen LogP contribution in [-0.2, 0) is 4.74 Å². The number of carbonyl (C=O) groups excluding carboxylic acids is 1. The van der Waals surface area contributed by atoms with Gasteiger partial charge in [0.25, 0.3) is 0 Å². The van der Waals surface area contributed by atoms with E-state index in [9.17, 15) is 18.0 Å². The van der Waals surface area contributed by atoms with Crippen LogP contribution in [0.4, 0.5) is 13.2 Å². The minimum absolute atomic E-state index is 0.0387. The van der Waals surface area contributed by atoms with Crippen LogP contribution in [0.5, 0.6) is 0 Å². The number of rotatable bonds is 4. The fourth-order valence-electron chi connectivity index (χ4n) is 2.94. The number of nitrogens with zero attached hydrogens (tertiary/aromatic N) is 2. The van der Waals surface area contributed by atoms with Crippen LogP contribution in [0.3, 0.4) is 0 Å². The van der Waals surface area contributed by atoms with Crippen LogP contribution < -0.4 is 0 Å². The Bertz CT molecular complexity index is 1180. The summed E-state index contributed by atoms with van der Waals surface area (Å²) in [7, 11) is 0. The van der Waals surface area contributed by atoms with E-state index in [4.69, 9.17) is 4.74 Å². The Morgan fingerprint density at radius 1 is 0.862 bits per heavy atom. The van der Waals surface area contributed by atoms with Crippen LogP contribution in [0.15, 0.2) is 73.2 Å². The predicted molar refractivity (Wildman–Crippen MR) is 99.6 cm³/mol. The molecule has 0 saturated carbocycles. The molecule has 2 aromatic carbocycles. The molecular weight excluding hydrogens is 381 g/mol. The largest absolute Gasteiger partial charge is 0.449 e. The Balaban J connectivity index is 1.71. The molecule has 0 aliphatic carbocycles. The summed E-state index contributed by atoms with van der Waals surface area (Å²) in [6.45, 7) is 0. The smallest absolute Gasteiger partial charge is 0.340 e. The lowest BCUT2D eigenvalue weighted by Gasteiger charge is -2.19. The molecular formula is C22H13F3N2O2. The second-order valence-corrected chi connectivity index (χ2v) is 6.27. The highest BCUT2D eigenvalue weighted by molar-refractivity contribution is 5.94. The van der Waals surface area contributed by atoms with Gasteiger partial charge < -0.3 is 4.74 Å². The summed E-state index contributed by atoms with van der Waals surface area (Å²) in [6.07, 6.45) is 3.35. The molecule has 1 atom stereocenters. The summed E-state index contributed by atoms with van der Waals surface area (Å²) < 4.78 is 46.8. The second kappa shape index (κ2) is 7.71. The third-order valence-corrected chi connectivity index (χ3v) is 4.39. The van der Waals surface area contributed by atoms with Gasteiger partial charge in [0.2, 0.25) is 0 Å². The van der Waals surface area contributed by atoms with E-state index in [2.05, 4.69) is 9.97 Å². The molecule has 0 radical (unpaired) electrons. The summed E-state index contributed by atoms with van der Waals surface area (Å²) in [6, 6.07) is 12.0. The highest BCUT2D eigenvalue weighted by atomic mass is 19.1. The van der Waals surface area contributed by atoms with Crippen LogP contribution in [0.2, 0.25) is 0 Å². The molecule has 29 heavy (non-hydrogen) atoms. The number of pyridine rings is 2. The van der Waals surface area contributed by atoms with Crippen molar-refractivity contribution in [3.05, 3.63) is 107 Å². The second-order valence-electron chi connectivity index (χ2n) is 6.27. The summed E-state index contributed by atoms with van der Waals surface area (Å²) in [5, 5.41) is -0.123. The highest BCUT2D eigenvalue weighted by Gasteiger charge is 2.21. The average molecular weight is 394 g/mol. The van der Waals surface area contributed by atoms with E-state index >= 15 is 0 Å². The van der Waals surface area contributed by atoms with E-state index in [1.165, 1.54) is 42.7 Å². The van der Waals surface area contributed by atoms with Gasteiger partial charge in [-0.25, -0.2) is 18.0 Å². The van der Waals surface area contributed by atoms with E-state index < -0.39 is 29.5 Å². The zero-order valence-electron chi connectivity index (χ0n) is 14.9. The number of hydrogen-bond acceptors (Lipinski definition) is 4. The molecule has 2 heterocycles. The molecule has 4 nitrogen and oxygen atoms in total. The number of benzene rings is 2. The monoisotopic (exact) mass is 394 g/mol. The topological polar surface area (TPSA) is 52.1 Å². The Labute approximate surface area is 163 Å². The first kappa shape index (κ1) is 18.6. The fraction of sp³-hybridized carbons (Fsp3) is 0.0455. The van der Waals surface area contributed by atoms with Gasteiger partial charge in [0.05, 0.1) is 5.56 Å². The Morgan fingerprint density at radius 3 is 2.24 bits per heavy atom. The first-order valence-corrected chi connectivity index (χ1v) is 8.63. The molecule has 0 fully saturated rings. The number of carbonyl (C=O) groups is 1. The van der Waals surface area contributed by atoms with E-state index in [0.29, 0.717) is 11.1 Å². The standard InChI is InChI=1S/C22H13F3N2O2/c23-16-3-1-13(2-4-16)21(14-7-9-26-10-8-14)29-22(28)15-11-17-18(24)5-6-19(25)20(17)27-12-15/h1-12,21H. The molecule has 144 valence electrons. The average Bonchev–Trinajstić information content (AvgIpc) is 2.75. The van der Waals surface area contributed by atoms with Gasteiger partial charge in [0.15, 0.2) is 6.10 Å². The van der Waals surface area contributed by atoms with Crippen molar-refractivity contribution < 1.29 is 22.7 Å². The van der Waals surface area contributed by atoms with Crippen molar-refractivity contribution in [1.82, 2.24) is 9.97 Å². The molecule has 0 aliphatic heterocycles. The van der Waals surface area contributed by atoms with Crippen LogP contribution >= 0.6 is 0 Å². The van der Waals surface area contributed by atoms with Crippen molar-refractivity contribution in [2.45, 2.75) is 6.10 Å². The summed E-state index contributed by atoms with van der Waals surface area (Å²) in [5.74, 6) is -2.60. The van der Waals surface area contributed by atoms with Gasteiger partial charge in [-0.05, 0) is 48.0 Å². The van der Waals surface area contributed by atoms with E-state index in [1.54, 1.807) is 12.1 Å². The Kier molecular flexibility index (Phi) is 4.95.